The van der Waals surface area contributed by atoms with E-state index in [1.165, 1.54) is 6.08 Å². The van der Waals surface area contributed by atoms with Gasteiger partial charge < -0.3 is 10.2 Å². The Morgan fingerprint density at radius 3 is 2.78 bits per heavy atom. The van der Waals surface area contributed by atoms with Crippen molar-refractivity contribution in [3.05, 3.63) is 23.5 Å². The third-order valence-corrected chi connectivity index (χ3v) is 1.43. The zero-order chi connectivity index (χ0) is 6.85. The second kappa shape index (κ2) is 2.23. The van der Waals surface area contributed by atoms with Crippen LogP contribution in [0, 0.1) is 0 Å². The van der Waals surface area contributed by atoms with E-state index in [2.05, 4.69) is 0 Å². The molecule has 2 heteroatoms. The summed E-state index contributed by atoms with van der Waals surface area (Å²) in [4.78, 5) is 0. The molecule has 0 radical (unpaired) electrons. The Morgan fingerprint density at radius 2 is 2.33 bits per heavy atom. The SMILES string of the molecule is CC1=C(O)C=CC(O)C1. The molecule has 50 valence electrons. The van der Waals surface area contributed by atoms with Crippen LogP contribution in [0.1, 0.15) is 13.3 Å². The highest BCUT2D eigenvalue weighted by molar-refractivity contribution is 5.24. The molecule has 1 atom stereocenters. The first kappa shape index (κ1) is 6.36. The molecule has 0 aromatic rings. The summed E-state index contributed by atoms with van der Waals surface area (Å²) >= 11 is 0. The topological polar surface area (TPSA) is 40.5 Å². The van der Waals surface area contributed by atoms with Crippen molar-refractivity contribution in [3.8, 4) is 0 Å². The molecule has 0 aliphatic heterocycles. The third kappa shape index (κ3) is 1.33. The van der Waals surface area contributed by atoms with E-state index in [9.17, 15) is 0 Å². The Morgan fingerprint density at radius 1 is 1.67 bits per heavy atom. The minimum atomic E-state index is -0.402. The smallest absolute Gasteiger partial charge is 0.114 e. The second-order valence-electron chi connectivity index (χ2n) is 2.30. The molecule has 0 saturated carbocycles. The van der Waals surface area contributed by atoms with Crippen molar-refractivity contribution in [1.82, 2.24) is 0 Å². The maximum atomic E-state index is 8.98. The lowest BCUT2D eigenvalue weighted by molar-refractivity contribution is 0.217. The lowest BCUT2D eigenvalue weighted by Crippen LogP contribution is -2.07. The molecular weight excluding hydrogens is 116 g/mol. The number of rotatable bonds is 0. The van der Waals surface area contributed by atoms with Gasteiger partial charge >= 0.3 is 0 Å². The number of hydrogen-bond acceptors (Lipinski definition) is 2. The van der Waals surface area contributed by atoms with Gasteiger partial charge in [-0.1, -0.05) is 6.08 Å². The first-order chi connectivity index (χ1) is 4.20. The summed E-state index contributed by atoms with van der Waals surface area (Å²) in [6, 6.07) is 0. The lowest BCUT2D eigenvalue weighted by Gasteiger charge is -2.11. The van der Waals surface area contributed by atoms with Crippen molar-refractivity contribution in [2.24, 2.45) is 0 Å². The van der Waals surface area contributed by atoms with E-state index in [-0.39, 0.29) is 0 Å². The number of aliphatic hydroxyl groups excluding tert-OH is 2. The summed E-state index contributed by atoms with van der Waals surface area (Å²) in [5, 5.41) is 17.9. The molecule has 0 aromatic heterocycles. The first-order valence-corrected chi connectivity index (χ1v) is 2.95. The monoisotopic (exact) mass is 126 g/mol. The molecule has 0 spiro atoms. The van der Waals surface area contributed by atoms with Crippen molar-refractivity contribution in [1.29, 1.82) is 0 Å². The van der Waals surface area contributed by atoms with Gasteiger partial charge in [0.2, 0.25) is 0 Å². The molecule has 0 bridgehead atoms. The molecule has 0 aromatic carbocycles. The van der Waals surface area contributed by atoms with Crippen molar-refractivity contribution < 1.29 is 10.2 Å². The van der Waals surface area contributed by atoms with Crippen LogP contribution >= 0.6 is 0 Å². The highest BCUT2D eigenvalue weighted by Crippen LogP contribution is 2.15. The van der Waals surface area contributed by atoms with Gasteiger partial charge in [0.05, 0.1) is 6.10 Å². The molecule has 1 aliphatic rings. The Hall–Kier alpha value is -0.760. The van der Waals surface area contributed by atoms with Gasteiger partial charge in [-0.05, 0) is 18.6 Å². The average Bonchev–Trinajstić information content (AvgIpc) is 1.80. The first-order valence-electron chi connectivity index (χ1n) is 2.95. The van der Waals surface area contributed by atoms with Crippen LogP contribution < -0.4 is 0 Å². The normalized spacial score (nSPS) is 27.1. The highest BCUT2D eigenvalue weighted by Gasteiger charge is 2.08. The fourth-order valence-corrected chi connectivity index (χ4v) is 0.831. The lowest BCUT2D eigenvalue weighted by atomic mass is 10.0. The van der Waals surface area contributed by atoms with Crippen LogP contribution in [-0.4, -0.2) is 16.3 Å². The average molecular weight is 126 g/mol. The van der Waals surface area contributed by atoms with E-state index in [0.717, 1.165) is 5.57 Å². The fourth-order valence-electron chi connectivity index (χ4n) is 0.831. The summed E-state index contributed by atoms with van der Waals surface area (Å²) in [6.45, 7) is 1.81. The predicted octanol–water partition coefficient (Wildman–Crippen LogP) is 1.14. The Labute approximate surface area is 54.1 Å². The van der Waals surface area contributed by atoms with Crippen molar-refractivity contribution in [3.63, 3.8) is 0 Å². The zero-order valence-electron chi connectivity index (χ0n) is 5.33. The Balaban J connectivity index is 2.75. The van der Waals surface area contributed by atoms with Gasteiger partial charge in [-0.3, -0.25) is 0 Å². The quantitative estimate of drug-likeness (QED) is 0.511. The van der Waals surface area contributed by atoms with Gasteiger partial charge in [-0.2, -0.15) is 0 Å². The molecule has 0 saturated heterocycles. The van der Waals surface area contributed by atoms with E-state index in [1.807, 2.05) is 6.92 Å². The summed E-state index contributed by atoms with van der Waals surface area (Å²) in [6.07, 6.45) is 3.27. The molecule has 9 heavy (non-hydrogen) atoms. The van der Waals surface area contributed by atoms with Crippen LogP contribution in [-0.2, 0) is 0 Å². The molecule has 2 N–H and O–H groups in total. The summed E-state index contributed by atoms with van der Waals surface area (Å²) in [5.74, 6) is 0.292. The molecule has 0 amide bonds. The maximum Gasteiger partial charge on any atom is 0.114 e. The van der Waals surface area contributed by atoms with Crippen LogP contribution in [0.2, 0.25) is 0 Å². The van der Waals surface area contributed by atoms with Crippen LogP contribution in [0.5, 0.6) is 0 Å². The second-order valence-corrected chi connectivity index (χ2v) is 2.30. The van der Waals surface area contributed by atoms with E-state index < -0.39 is 6.10 Å². The molecular formula is C7H10O2. The predicted molar refractivity (Wildman–Crippen MR) is 35.1 cm³/mol. The third-order valence-electron chi connectivity index (χ3n) is 1.43. The highest BCUT2D eigenvalue weighted by atomic mass is 16.3. The van der Waals surface area contributed by atoms with Crippen LogP contribution in [0.3, 0.4) is 0 Å². The fraction of sp³-hybridized carbons (Fsp3) is 0.429. The maximum absolute atomic E-state index is 8.98. The summed E-state index contributed by atoms with van der Waals surface area (Å²) in [7, 11) is 0. The molecule has 0 heterocycles. The summed E-state index contributed by atoms with van der Waals surface area (Å²) < 4.78 is 0. The minimum absolute atomic E-state index is 0.292. The molecule has 1 rings (SSSR count). The van der Waals surface area contributed by atoms with Crippen molar-refractivity contribution in [2.45, 2.75) is 19.4 Å². The molecule has 1 aliphatic carbocycles. The standard InChI is InChI=1S/C7H10O2/c1-5-4-6(8)2-3-7(5)9/h2-3,6,8-9H,4H2,1H3. The van der Waals surface area contributed by atoms with Crippen molar-refractivity contribution in [2.75, 3.05) is 0 Å². The van der Waals surface area contributed by atoms with Gasteiger partial charge in [-0.15, -0.1) is 0 Å². The van der Waals surface area contributed by atoms with Crippen LogP contribution in [0.4, 0.5) is 0 Å². The van der Waals surface area contributed by atoms with Crippen LogP contribution in [0.15, 0.2) is 23.5 Å². The molecule has 0 fully saturated rings. The minimum Gasteiger partial charge on any atom is -0.508 e. The number of hydrogen-bond donors (Lipinski definition) is 2. The van der Waals surface area contributed by atoms with E-state index in [4.69, 9.17) is 10.2 Å². The molecule has 1 unspecified atom stereocenters. The van der Waals surface area contributed by atoms with Gasteiger partial charge in [0, 0.05) is 6.42 Å². The Bertz CT molecular complexity index is 168. The van der Waals surface area contributed by atoms with Gasteiger partial charge in [0.1, 0.15) is 5.76 Å². The Kier molecular flexibility index (Phi) is 1.58. The van der Waals surface area contributed by atoms with Gasteiger partial charge in [-0.25, -0.2) is 0 Å². The van der Waals surface area contributed by atoms with Gasteiger partial charge in [0.15, 0.2) is 0 Å². The van der Waals surface area contributed by atoms with Crippen molar-refractivity contribution >= 4 is 0 Å². The van der Waals surface area contributed by atoms with Crippen LogP contribution in [0.25, 0.3) is 0 Å². The van der Waals surface area contributed by atoms with E-state index in [0.29, 0.717) is 12.2 Å². The summed E-state index contributed by atoms with van der Waals surface area (Å²) in [5.41, 5.74) is 0.852. The number of aliphatic hydroxyl groups is 2. The molecule has 2 nitrogen and oxygen atoms in total. The largest absolute Gasteiger partial charge is 0.508 e. The van der Waals surface area contributed by atoms with E-state index in [1.54, 1.807) is 6.08 Å². The number of allylic oxidation sites excluding steroid dienone is 1. The van der Waals surface area contributed by atoms with E-state index >= 15 is 0 Å². The zero-order valence-corrected chi connectivity index (χ0v) is 5.33. The van der Waals surface area contributed by atoms with Gasteiger partial charge in [0.25, 0.3) is 0 Å².